The second-order valence-electron chi connectivity index (χ2n) is 8.53. The Morgan fingerprint density at radius 2 is 1.49 bits per heavy atom. The van der Waals surface area contributed by atoms with Gasteiger partial charge in [0.1, 0.15) is 60.2 Å². The molecule has 1 aromatic carbocycles. The largest absolute Gasteiger partial charge is 0.462 e. The fourth-order valence-electron chi connectivity index (χ4n) is 4.17. The van der Waals surface area contributed by atoms with Gasteiger partial charge in [0.2, 0.25) is 6.29 Å². The van der Waals surface area contributed by atoms with Gasteiger partial charge in [-0.25, -0.2) is 4.79 Å². The maximum atomic E-state index is 11.7. The first-order valence-electron chi connectivity index (χ1n) is 10.9. The average molecular weight is 500 g/mol. The molecule has 0 amide bonds. The quantitative estimate of drug-likeness (QED) is 0.199. The Labute approximate surface area is 198 Å². The molecule has 2 aliphatic rings. The van der Waals surface area contributed by atoms with Crippen molar-refractivity contribution >= 4 is 11.0 Å². The molecule has 1 unspecified atom stereocenters. The molecule has 2 aliphatic heterocycles. The van der Waals surface area contributed by atoms with Crippen LogP contribution >= 0.6 is 0 Å². The van der Waals surface area contributed by atoms with Crippen LogP contribution in [-0.2, 0) is 14.2 Å². The standard InChI is InChI=1S/C22H28O13/c1-8-4-14(25)32-11-5-9(2-3-10(8)11)31-21-19(30)17(28)20(13(7-24)34-21)35-22-18(29)16(27)15(26)12(6-23)33-22/h2-5,12-13,15-24,26-30H,6-7H2,1H3/t12-,13-,15-,16+,17-,18-,19-,20-,21?,22+/m1/s1. The lowest BCUT2D eigenvalue weighted by atomic mass is 9.97. The number of benzene rings is 1. The van der Waals surface area contributed by atoms with Crippen LogP contribution in [0.4, 0.5) is 0 Å². The van der Waals surface area contributed by atoms with Crippen LogP contribution in [0.5, 0.6) is 5.75 Å². The zero-order valence-corrected chi connectivity index (χ0v) is 18.6. The van der Waals surface area contributed by atoms with Gasteiger partial charge in [-0.2, -0.15) is 0 Å². The Hall–Kier alpha value is -2.17. The van der Waals surface area contributed by atoms with E-state index in [-0.39, 0.29) is 11.3 Å². The molecular weight excluding hydrogens is 472 g/mol. The van der Waals surface area contributed by atoms with Crippen LogP contribution in [0.3, 0.4) is 0 Å². The number of aliphatic hydroxyl groups is 7. The molecule has 0 aliphatic carbocycles. The van der Waals surface area contributed by atoms with E-state index < -0.39 is 80.3 Å². The van der Waals surface area contributed by atoms with Crippen LogP contribution in [0.15, 0.2) is 33.5 Å². The summed E-state index contributed by atoms with van der Waals surface area (Å²) in [6.07, 6.45) is -15.6. The predicted octanol–water partition coefficient (Wildman–Crippen LogP) is -2.90. The van der Waals surface area contributed by atoms with Crippen molar-refractivity contribution in [2.75, 3.05) is 13.2 Å². The maximum Gasteiger partial charge on any atom is 0.336 e. The second-order valence-corrected chi connectivity index (χ2v) is 8.53. The Morgan fingerprint density at radius 3 is 2.17 bits per heavy atom. The van der Waals surface area contributed by atoms with E-state index in [0.29, 0.717) is 10.9 Å². The fourth-order valence-corrected chi connectivity index (χ4v) is 4.17. The highest BCUT2D eigenvalue weighted by atomic mass is 16.7. The first-order valence-corrected chi connectivity index (χ1v) is 10.9. The third-order valence-electron chi connectivity index (χ3n) is 6.14. The van der Waals surface area contributed by atoms with Gasteiger partial charge in [-0.15, -0.1) is 0 Å². The van der Waals surface area contributed by atoms with Crippen LogP contribution < -0.4 is 10.4 Å². The lowest BCUT2D eigenvalue weighted by Gasteiger charge is -2.45. The van der Waals surface area contributed by atoms with Crippen molar-refractivity contribution in [2.24, 2.45) is 0 Å². The molecule has 2 saturated heterocycles. The molecule has 10 atom stereocenters. The third-order valence-corrected chi connectivity index (χ3v) is 6.14. The van der Waals surface area contributed by atoms with Crippen molar-refractivity contribution < 1.29 is 59.1 Å². The first-order chi connectivity index (χ1) is 16.6. The molecule has 7 N–H and O–H groups in total. The van der Waals surface area contributed by atoms with E-state index >= 15 is 0 Å². The summed E-state index contributed by atoms with van der Waals surface area (Å²) in [6, 6.07) is 5.94. The molecule has 2 fully saturated rings. The second kappa shape index (κ2) is 10.4. The van der Waals surface area contributed by atoms with Gasteiger partial charge in [0.25, 0.3) is 0 Å². The number of aliphatic hydroxyl groups excluding tert-OH is 7. The smallest absolute Gasteiger partial charge is 0.336 e. The highest BCUT2D eigenvalue weighted by Gasteiger charge is 2.51. The summed E-state index contributed by atoms with van der Waals surface area (Å²) in [4.78, 5) is 11.7. The number of aryl methyl sites for hydroxylation is 1. The SMILES string of the molecule is Cc1cc(=O)oc2cc(OC3O[C@H](CO)[C@@H](O[C@@H]4O[C@H](CO)[C@@H](O)[C@H](O)[C@H]4O)[C@H](O)[C@H]3O)ccc12. The van der Waals surface area contributed by atoms with E-state index in [2.05, 4.69) is 0 Å². The van der Waals surface area contributed by atoms with Crippen LogP contribution in [0, 0.1) is 6.92 Å². The van der Waals surface area contributed by atoms with Gasteiger partial charge >= 0.3 is 5.63 Å². The summed E-state index contributed by atoms with van der Waals surface area (Å²) in [5, 5.41) is 71.1. The van der Waals surface area contributed by atoms with Gasteiger partial charge in [0, 0.05) is 17.5 Å². The molecule has 35 heavy (non-hydrogen) atoms. The Bertz CT molecular complexity index is 1070. The third kappa shape index (κ3) is 5.06. The summed E-state index contributed by atoms with van der Waals surface area (Å²) in [5.41, 5.74) is 0.381. The van der Waals surface area contributed by atoms with Crippen LogP contribution in [0.2, 0.25) is 0 Å². The number of rotatable bonds is 6. The van der Waals surface area contributed by atoms with Crippen molar-refractivity contribution in [1.82, 2.24) is 0 Å². The molecule has 1 aromatic heterocycles. The molecule has 0 saturated carbocycles. The number of fused-ring (bicyclic) bond motifs is 1. The molecule has 2 aromatic rings. The first kappa shape index (κ1) is 25.9. The molecule has 0 bridgehead atoms. The normalized spacial score (nSPS) is 37.9. The Balaban J connectivity index is 1.50. The minimum Gasteiger partial charge on any atom is -0.462 e. The van der Waals surface area contributed by atoms with Gasteiger partial charge < -0.3 is 59.1 Å². The van der Waals surface area contributed by atoms with Crippen LogP contribution in [-0.4, -0.2) is 110 Å². The molecule has 13 heteroatoms. The van der Waals surface area contributed by atoms with Crippen LogP contribution in [0.1, 0.15) is 5.56 Å². The molecular formula is C22H28O13. The van der Waals surface area contributed by atoms with Crippen molar-refractivity contribution in [3.05, 3.63) is 40.2 Å². The Morgan fingerprint density at radius 1 is 0.829 bits per heavy atom. The van der Waals surface area contributed by atoms with E-state index in [1.807, 2.05) is 0 Å². The molecule has 4 rings (SSSR count). The van der Waals surface area contributed by atoms with E-state index in [4.69, 9.17) is 23.4 Å². The zero-order chi connectivity index (χ0) is 25.4. The van der Waals surface area contributed by atoms with Crippen molar-refractivity contribution in [3.8, 4) is 5.75 Å². The van der Waals surface area contributed by atoms with E-state index in [1.54, 1.807) is 19.1 Å². The van der Waals surface area contributed by atoms with E-state index in [0.717, 1.165) is 0 Å². The van der Waals surface area contributed by atoms with Gasteiger partial charge in [-0.1, -0.05) is 0 Å². The molecule has 0 spiro atoms. The maximum absolute atomic E-state index is 11.7. The number of hydrogen-bond donors (Lipinski definition) is 7. The van der Waals surface area contributed by atoms with Gasteiger partial charge in [0.05, 0.1) is 13.2 Å². The van der Waals surface area contributed by atoms with E-state index in [9.17, 15) is 40.5 Å². The van der Waals surface area contributed by atoms with Gasteiger partial charge in [-0.3, -0.25) is 0 Å². The van der Waals surface area contributed by atoms with Gasteiger partial charge in [-0.05, 0) is 24.6 Å². The summed E-state index contributed by atoms with van der Waals surface area (Å²) >= 11 is 0. The minimum atomic E-state index is -1.76. The van der Waals surface area contributed by atoms with Crippen molar-refractivity contribution in [3.63, 3.8) is 0 Å². The Kier molecular flexibility index (Phi) is 7.73. The van der Waals surface area contributed by atoms with Gasteiger partial charge in [0.15, 0.2) is 6.29 Å². The summed E-state index contributed by atoms with van der Waals surface area (Å²) < 4.78 is 27.1. The summed E-state index contributed by atoms with van der Waals surface area (Å²) in [5.74, 6) is 0.146. The molecule has 13 nitrogen and oxygen atoms in total. The fraction of sp³-hybridized carbons (Fsp3) is 0.591. The number of ether oxygens (including phenoxy) is 4. The minimum absolute atomic E-state index is 0.146. The molecule has 194 valence electrons. The highest BCUT2D eigenvalue weighted by molar-refractivity contribution is 5.81. The van der Waals surface area contributed by atoms with Crippen molar-refractivity contribution in [1.29, 1.82) is 0 Å². The zero-order valence-electron chi connectivity index (χ0n) is 18.6. The molecule has 3 heterocycles. The number of hydrogen-bond acceptors (Lipinski definition) is 13. The molecule has 0 radical (unpaired) electrons. The topological polar surface area (TPSA) is 209 Å². The van der Waals surface area contributed by atoms with E-state index in [1.165, 1.54) is 12.1 Å². The van der Waals surface area contributed by atoms with Crippen LogP contribution in [0.25, 0.3) is 11.0 Å². The lowest BCUT2D eigenvalue weighted by molar-refractivity contribution is -0.352. The average Bonchev–Trinajstić information content (AvgIpc) is 2.83. The monoisotopic (exact) mass is 500 g/mol. The highest BCUT2D eigenvalue weighted by Crippen LogP contribution is 2.31. The predicted molar refractivity (Wildman–Crippen MR) is 114 cm³/mol. The summed E-state index contributed by atoms with van der Waals surface area (Å²) in [7, 11) is 0. The summed E-state index contributed by atoms with van der Waals surface area (Å²) in [6.45, 7) is 0.352. The lowest BCUT2D eigenvalue weighted by Crippen LogP contribution is -2.65. The van der Waals surface area contributed by atoms with Crippen molar-refractivity contribution in [2.45, 2.75) is 68.3 Å².